The number of hydrogen-bond acceptors (Lipinski definition) is 5. The van der Waals surface area contributed by atoms with Crippen LogP contribution in [0.15, 0.2) is 54.9 Å². The summed E-state index contributed by atoms with van der Waals surface area (Å²) in [5.74, 6) is 0.0962. The number of anilines is 2. The molecule has 1 unspecified atom stereocenters. The van der Waals surface area contributed by atoms with Crippen molar-refractivity contribution in [1.82, 2.24) is 9.80 Å². The van der Waals surface area contributed by atoms with Crippen LogP contribution in [0.5, 0.6) is 0 Å². The Kier molecular flexibility index (Phi) is 6.62. The van der Waals surface area contributed by atoms with Gasteiger partial charge in [0, 0.05) is 42.6 Å². The molecule has 0 radical (unpaired) electrons. The van der Waals surface area contributed by atoms with Crippen LogP contribution >= 0.6 is 11.6 Å². The van der Waals surface area contributed by atoms with Gasteiger partial charge in [0.05, 0.1) is 5.69 Å². The summed E-state index contributed by atoms with van der Waals surface area (Å²) in [4.78, 5) is 30.1. The lowest BCUT2D eigenvalue weighted by Gasteiger charge is -2.31. The summed E-state index contributed by atoms with van der Waals surface area (Å²) in [6.07, 6.45) is 4.28. The maximum atomic E-state index is 13.1. The molecule has 2 aromatic rings. The number of aryl methyl sites for hydroxylation is 1. The molecular formula is C23H25ClN4O4S. The summed E-state index contributed by atoms with van der Waals surface area (Å²) >= 11 is 6.51. The van der Waals surface area contributed by atoms with Gasteiger partial charge < -0.3 is 9.80 Å². The van der Waals surface area contributed by atoms with Crippen molar-refractivity contribution >= 4 is 45.8 Å². The number of rotatable bonds is 5. The van der Waals surface area contributed by atoms with Crippen LogP contribution in [0, 0.1) is 6.92 Å². The van der Waals surface area contributed by atoms with E-state index in [-0.39, 0.29) is 11.6 Å². The highest BCUT2D eigenvalue weighted by atomic mass is 35.5. The molecule has 8 nitrogen and oxygen atoms in total. The molecule has 0 aliphatic carbocycles. The Morgan fingerprint density at radius 1 is 1.15 bits per heavy atom. The topological polar surface area (TPSA) is 81.2 Å². The van der Waals surface area contributed by atoms with Crippen molar-refractivity contribution in [3.05, 3.63) is 71.0 Å². The van der Waals surface area contributed by atoms with E-state index in [1.807, 2.05) is 30.9 Å². The third-order valence-corrected chi connectivity index (χ3v) is 7.00. The van der Waals surface area contributed by atoms with E-state index < -0.39 is 23.1 Å². The van der Waals surface area contributed by atoms with Crippen LogP contribution in [0.4, 0.5) is 16.2 Å². The second kappa shape index (κ2) is 9.44. The summed E-state index contributed by atoms with van der Waals surface area (Å²) < 4.78 is 24.6. The molecule has 0 saturated carbocycles. The van der Waals surface area contributed by atoms with Crippen molar-refractivity contribution < 1.29 is 18.0 Å². The Bertz CT molecular complexity index is 1170. The summed E-state index contributed by atoms with van der Waals surface area (Å²) in [6.45, 7) is 4.81. The van der Waals surface area contributed by atoms with Gasteiger partial charge in [0.25, 0.3) is 0 Å². The van der Waals surface area contributed by atoms with E-state index in [2.05, 4.69) is 0 Å². The van der Waals surface area contributed by atoms with Gasteiger partial charge in [-0.15, -0.1) is 0 Å². The van der Waals surface area contributed by atoms with Crippen LogP contribution in [-0.2, 0) is 22.2 Å². The highest BCUT2D eigenvalue weighted by Gasteiger charge is 2.32. The fraction of sp³-hybridized carbons (Fsp3) is 0.304. The molecule has 174 valence electrons. The van der Waals surface area contributed by atoms with Gasteiger partial charge in [-0.1, -0.05) is 35.4 Å². The number of urea groups is 1. The Hall–Kier alpha value is -3.04. The first-order valence-corrected chi connectivity index (χ1v) is 12.1. The molecule has 10 heteroatoms. The molecule has 3 amide bonds. The van der Waals surface area contributed by atoms with Crippen LogP contribution in [0.2, 0.25) is 5.02 Å². The van der Waals surface area contributed by atoms with Crippen molar-refractivity contribution in [2.45, 2.75) is 39.4 Å². The second-order valence-corrected chi connectivity index (χ2v) is 9.38. The van der Waals surface area contributed by atoms with Crippen molar-refractivity contribution in [2.24, 2.45) is 0 Å². The maximum Gasteiger partial charge on any atom is 0.343 e. The average Bonchev–Trinajstić information content (AvgIpc) is 3.36. The van der Waals surface area contributed by atoms with E-state index >= 15 is 0 Å². The molecule has 2 heterocycles. The minimum atomic E-state index is -3.17. The predicted octanol–water partition coefficient (Wildman–Crippen LogP) is 3.86. The lowest BCUT2D eigenvalue weighted by molar-refractivity contribution is -0.117. The number of nitrogens with zero attached hydrogens (tertiary/aromatic N) is 4. The zero-order chi connectivity index (χ0) is 23.7. The van der Waals surface area contributed by atoms with E-state index in [0.717, 1.165) is 27.5 Å². The highest BCUT2D eigenvalue weighted by Crippen LogP contribution is 2.30. The number of hydrogen-bond donors (Lipinski definition) is 1. The zero-order valence-corrected chi connectivity index (χ0v) is 20.0. The fourth-order valence-corrected chi connectivity index (χ4v) is 4.79. The molecule has 2 aliphatic heterocycles. The smallest absolute Gasteiger partial charge is 0.343 e. The van der Waals surface area contributed by atoms with Gasteiger partial charge >= 0.3 is 6.03 Å². The molecule has 0 aromatic heterocycles. The first-order chi connectivity index (χ1) is 15.8. The van der Waals surface area contributed by atoms with Gasteiger partial charge in [-0.2, -0.15) is 4.31 Å². The normalized spacial score (nSPS) is 18.0. The molecule has 0 spiro atoms. The van der Waals surface area contributed by atoms with Crippen molar-refractivity contribution in [1.29, 1.82) is 0 Å². The van der Waals surface area contributed by atoms with Crippen LogP contribution in [0.1, 0.15) is 30.9 Å². The standard InChI is InChI=1S/C23H25ClN4O4S/c1-16-5-8-19(9-6-16)28(33(31)32)23(30)26-13-12-25(17(26)2)15-18-7-10-20(14-21(18)24)27-11-3-4-22(27)29/h5-10,12-14,17,33H,3-4,11,15H2,1-2H3. The zero-order valence-electron chi connectivity index (χ0n) is 18.3. The number of thiol groups is 1. The van der Waals surface area contributed by atoms with Crippen molar-refractivity contribution in [3.63, 3.8) is 0 Å². The molecule has 1 saturated heterocycles. The molecule has 2 aliphatic rings. The average molecular weight is 489 g/mol. The number of carbonyl (C=O) groups is 2. The summed E-state index contributed by atoms with van der Waals surface area (Å²) in [6, 6.07) is 11.6. The number of carbonyl (C=O) groups excluding carboxylic acids is 2. The Balaban J connectivity index is 1.48. The van der Waals surface area contributed by atoms with Crippen molar-refractivity contribution in [2.75, 3.05) is 15.7 Å². The van der Waals surface area contributed by atoms with Gasteiger partial charge in [-0.05, 0) is 50.1 Å². The van der Waals surface area contributed by atoms with E-state index in [1.165, 1.54) is 4.90 Å². The molecule has 0 bridgehead atoms. The first kappa shape index (κ1) is 23.1. The molecule has 2 aromatic carbocycles. The number of amides is 3. The van der Waals surface area contributed by atoms with E-state index in [4.69, 9.17) is 11.6 Å². The van der Waals surface area contributed by atoms with Crippen molar-refractivity contribution in [3.8, 4) is 0 Å². The molecule has 0 N–H and O–H groups in total. The van der Waals surface area contributed by atoms with Crippen LogP contribution < -0.4 is 9.21 Å². The van der Waals surface area contributed by atoms with Crippen LogP contribution in [0.25, 0.3) is 0 Å². The Labute approximate surface area is 199 Å². The van der Waals surface area contributed by atoms with E-state index in [9.17, 15) is 18.0 Å². The second-order valence-electron chi connectivity index (χ2n) is 8.10. The summed E-state index contributed by atoms with van der Waals surface area (Å²) in [7, 11) is -3.17. The lowest BCUT2D eigenvalue weighted by atomic mass is 10.1. The summed E-state index contributed by atoms with van der Waals surface area (Å²) in [5, 5.41) is 0.529. The SMILES string of the molecule is Cc1ccc(N(C(=O)N2C=CN(Cc3ccc(N4CCCC4=O)cc3Cl)C2C)[SH](=O)=O)cc1. The van der Waals surface area contributed by atoms with Gasteiger partial charge in [0.2, 0.25) is 16.8 Å². The van der Waals surface area contributed by atoms with Crippen LogP contribution in [-0.4, -0.2) is 42.9 Å². The molecule has 4 rings (SSSR count). The quantitative estimate of drug-likeness (QED) is 0.646. The summed E-state index contributed by atoms with van der Waals surface area (Å²) in [5.41, 5.74) is 2.87. The Morgan fingerprint density at radius 3 is 2.48 bits per heavy atom. The highest BCUT2D eigenvalue weighted by molar-refractivity contribution is 7.75. The minimum Gasteiger partial charge on any atom is -0.351 e. The minimum absolute atomic E-state index is 0.0962. The maximum absolute atomic E-state index is 13.1. The predicted molar refractivity (Wildman–Crippen MR) is 128 cm³/mol. The lowest BCUT2D eigenvalue weighted by Crippen LogP contribution is -2.46. The van der Waals surface area contributed by atoms with Gasteiger partial charge in [-0.3, -0.25) is 9.69 Å². The monoisotopic (exact) mass is 488 g/mol. The fourth-order valence-electron chi connectivity index (χ4n) is 3.99. The molecular weight excluding hydrogens is 464 g/mol. The largest absolute Gasteiger partial charge is 0.351 e. The van der Waals surface area contributed by atoms with Gasteiger partial charge in [0.1, 0.15) is 6.17 Å². The van der Waals surface area contributed by atoms with E-state index in [0.29, 0.717) is 24.5 Å². The molecule has 1 fully saturated rings. The number of halogens is 1. The van der Waals surface area contributed by atoms with Crippen LogP contribution in [0.3, 0.4) is 0 Å². The van der Waals surface area contributed by atoms with Gasteiger partial charge in [-0.25, -0.2) is 13.2 Å². The number of benzene rings is 2. The third-order valence-electron chi connectivity index (χ3n) is 5.92. The van der Waals surface area contributed by atoms with Gasteiger partial charge in [0.15, 0.2) is 0 Å². The Morgan fingerprint density at radius 2 is 1.88 bits per heavy atom. The molecule has 33 heavy (non-hydrogen) atoms. The van der Waals surface area contributed by atoms with E-state index in [1.54, 1.807) is 47.6 Å². The first-order valence-electron chi connectivity index (χ1n) is 10.6. The molecule has 1 atom stereocenters. The third kappa shape index (κ3) is 4.69.